The van der Waals surface area contributed by atoms with Crippen molar-refractivity contribution in [3.8, 4) is 17.2 Å². The zero-order valence-electron chi connectivity index (χ0n) is 12.2. The Morgan fingerprint density at radius 2 is 1.52 bits per heavy atom. The third-order valence-corrected chi connectivity index (χ3v) is 3.31. The number of hydrogen-bond donors (Lipinski definition) is 4. The largest absolute Gasteiger partial charge is 0.504 e. The van der Waals surface area contributed by atoms with Gasteiger partial charge in [-0.05, 0) is 23.8 Å². The fraction of sp³-hybridized carbons (Fsp3) is 0.250. The minimum Gasteiger partial charge on any atom is -0.504 e. The highest BCUT2D eigenvalue weighted by atomic mass is 16.3. The van der Waals surface area contributed by atoms with Crippen LogP contribution in [-0.4, -0.2) is 29.4 Å². The van der Waals surface area contributed by atoms with Gasteiger partial charge in [0.2, 0.25) is 5.75 Å². The highest BCUT2D eigenvalue weighted by Crippen LogP contribution is 2.36. The SMILES string of the molecule is CN(C)c1ccc(CNCc2ccc(O)c(O)c2O)cc1. The molecular weight excluding hydrogens is 268 g/mol. The third-order valence-electron chi connectivity index (χ3n) is 3.31. The molecule has 0 saturated carbocycles. The maximum Gasteiger partial charge on any atom is 0.200 e. The summed E-state index contributed by atoms with van der Waals surface area (Å²) < 4.78 is 0. The smallest absolute Gasteiger partial charge is 0.200 e. The van der Waals surface area contributed by atoms with Gasteiger partial charge in [-0.25, -0.2) is 0 Å². The number of nitrogens with one attached hydrogen (secondary N) is 1. The first-order valence-electron chi connectivity index (χ1n) is 6.69. The molecule has 0 aliphatic rings. The summed E-state index contributed by atoms with van der Waals surface area (Å²) in [6, 6.07) is 11.1. The number of phenolic OH excluding ortho intramolecular Hbond substituents is 3. The van der Waals surface area contributed by atoms with Crippen LogP contribution in [0.4, 0.5) is 5.69 Å². The summed E-state index contributed by atoms with van der Waals surface area (Å²) in [4.78, 5) is 2.04. The van der Waals surface area contributed by atoms with E-state index in [1.807, 2.05) is 43.3 Å². The van der Waals surface area contributed by atoms with E-state index in [1.165, 1.54) is 6.07 Å². The van der Waals surface area contributed by atoms with Crippen LogP contribution in [0.1, 0.15) is 11.1 Å². The van der Waals surface area contributed by atoms with E-state index in [4.69, 9.17) is 0 Å². The molecule has 0 saturated heterocycles. The first-order chi connectivity index (χ1) is 9.99. The summed E-state index contributed by atoms with van der Waals surface area (Å²) in [6.07, 6.45) is 0. The summed E-state index contributed by atoms with van der Waals surface area (Å²) in [5.74, 6) is -1.09. The van der Waals surface area contributed by atoms with Gasteiger partial charge in [0, 0.05) is 38.4 Å². The van der Waals surface area contributed by atoms with Gasteiger partial charge >= 0.3 is 0 Å². The Morgan fingerprint density at radius 3 is 2.14 bits per heavy atom. The molecule has 112 valence electrons. The fourth-order valence-corrected chi connectivity index (χ4v) is 2.01. The van der Waals surface area contributed by atoms with Crippen LogP contribution in [-0.2, 0) is 13.1 Å². The first-order valence-corrected chi connectivity index (χ1v) is 6.69. The molecule has 2 aromatic rings. The van der Waals surface area contributed by atoms with Crippen molar-refractivity contribution in [2.24, 2.45) is 0 Å². The van der Waals surface area contributed by atoms with Crippen molar-refractivity contribution in [2.45, 2.75) is 13.1 Å². The number of rotatable bonds is 5. The van der Waals surface area contributed by atoms with E-state index in [1.54, 1.807) is 6.07 Å². The van der Waals surface area contributed by atoms with Crippen molar-refractivity contribution < 1.29 is 15.3 Å². The lowest BCUT2D eigenvalue weighted by molar-refractivity contribution is 0.364. The van der Waals surface area contributed by atoms with Crippen LogP contribution in [0.5, 0.6) is 17.2 Å². The lowest BCUT2D eigenvalue weighted by Crippen LogP contribution is -2.13. The molecule has 0 bridgehead atoms. The molecule has 5 nitrogen and oxygen atoms in total. The second-order valence-electron chi connectivity index (χ2n) is 5.11. The summed E-state index contributed by atoms with van der Waals surface area (Å²) in [6.45, 7) is 1.05. The van der Waals surface area contributed by atoms with E-state index in [2.05, 4.69) is 5.32 Å². The molecule has 0 heterocycles. The van der Waals surface area contributed by atoms with Crippen molar-refractivity contribution in [1.29, 1.82) is 0 Å². The van der Waals surface area contributed by atoms with Crippen molar-refractivity contribution in [3.05, 3.63) is 47.5 Å². The van der Waals surface area contributed by atoms with Gasteiger partial charge in [0.05, 0.1) is 0 Å². The number of aromatic hydroxyl groups is 3. The van der Waals surface area contributed by atoms with E-state index in [9.17, 15) is 15.3 Å². The Morgan fingerprint density at radius 1 is 0.857 bits per heavy atom. The molecule has 2 rings (SSSR count). The minimum absolute atomic E-state index is 0.287. The zero-order valence-corrected chi connectivity index (χ0v) is 12.2. The second-order valence-corrected chi connectivity index (χ2v) is 5.11. The van der Waals surface area contributed by atoms with E-state index in [0.29, 0.717) is 18.7 Å². The van der Waals surface area contributed by atoms with Crippen molar-refractivity contribution in [1.82, 2.24) is 5.32 Å². The van der Waals surface area contributed by atoms with E-state index in [-0.39, 0.29) is 11.5 Å². The Hall–Kier alpha value is -2.40. The molecule has 0 amide bonds. The first kappa shape index (κ1) is 15.0. The summed E-state index contributed by atoms with van der Waals surface area (Å²) in [7, 11) is 3.99. The second kappa shape index (κ2) is 6.37. The molecule has 4 N–H and O–H groups in total. The van der Waals surface area contributed by atoms with Gasteiger partial charge in [0.15, 0.2) is 11.5 Å². The van der Waals surface area contributed by atoms with Crippen LogP contribution < -0.4 is 10.2 Å². The lowest BCUT2D eigenvalue weighted by Gasteiger charge is -2.13. The Bertz CT molecular complexity index is 610. The van der Waals surface area contributed by atoms with Crippen LogP contribution in [0.2, 0.25) is 0 Å². The van der Waals surface area contributed by atoms with Crippen molar-refractivity contribution in [2.75, 3.05) is 19.0 Å². The Balaban J connectivity index is 1.94. The number of hydrogen-bond acceptors (Lipinski definition) is 5. The normalized spacial score (nSPS) is 10.6. The maximum absolute atomic E-state index is 9.72. The average molecular weight is 288 g/mol. The van der Waals surface area contributed by atoms with Crippen LogP contribution >= 0.6 is 0 Å². The zero-order chi connectivity index (χ0) is 15.4. The molecule has 0 aliphatic heterocycles. The van der Waals surface area contributed by atoms with Crippen molar-refractivity contribution >= 4 is 5.69 Å². The van der Waals surface area contributed by atoms with Gasteiger partial charge in [-0.1, -0.05) is 18.2 Å². The predicted octanol–water partition coefficient (Wildman–Crippen LogP) is 2.16. The number of nitrogens with zero attached hydrogens (tertiary/aromatic N) is 1. The molecule has 0 radical (unpaired) electrons. The molecule has 21 heavy (non-hydrogen) atoms. The molecule has 0 spiro atoms. The predicted molar refractivity (Wildman–Crippen MR) is 82.7 cm³/mol. The summed E-state index contributed by atoms with van der Waals surface area (Å²) >= 11 is 0. The Kier molecular flexibility index (Phi) is 4.55. The van der Waals surface area contributed by atoms with Gasteiger partial charge in [-0.3, -0.25) is 0 Å². The van der Waals surface area contributed by atoms with Crippen LogP contribution in [0, 0.1) is 0 Å². The van der Waals surface area contributed by atoms with Gasteiger partial charge in [0.25, 0.3) is 0 Å². The maximum atomic E-state index is 9.72. The highest BCUT2D eigenvalue weighted by Gasteiger charge is 2.10. The molecule has 0 aliphatic carbocycles. The lowest BCUT2D eigenvalue weighted by atomic mass is 10.1. The van der Waals surface area contributed by atoms with Gasteiger partial charge < -0.3 is 25.5 Å². The summed E-state index contributed by atoms with van der Waals surface area (Å²) in [5, 5.41) is 31.6. The molecule has 0 unspecified atom stereocenters. The molecule has 0 fully saturated rings. The third kappa shape index (κ3) is 3.58. The Labute approximate surface area is 124 Å². The molecular formula is C16H20N2O3. The molecule has 0 aromatic heterocycles. The van der Waals surface area contributed by atoms with Crippen LogP contribution in [0.3, 0.4) is 0 Å². The number of anilines is 1. The topological polar surface area (TPSA) is 76.0 Å². The minimum atomic E-state index is -0.482. The standard InChI is InChI=1S/C16H20N2O3/c1-18(2)13-6-3-11(4-7-13)9-17-10-12-5-8-14(19)16(21)15(12)20/h3-8,17,19-21H,9-10H2,1-2H3. The highest BCUT2D eigenvalue weighted by molar-refractivity contribution is 5.53. The molecule has 2 aromatic carbocycles. The van der Waals surface area contributed by atoms with Gasteiger partial charge in [-0.15, -0.1) is 0 Å². The van der Waals surface area contributed by atoms with E-state index >= 15 is 0 Å². The van der Waals surface area contributed by atoms with Crippen LogP contribution in [0.15, 0.2) is 36.4 Å². The van der Waals surface area contributed by atoms with Crippen molar-refractivity contribution in [3.63, 3.8) is 0 Å². The molecule has 0 atom stereocenters. The summed E-state index contributed by atoms with van der Waals surface area (Å²) in [5.41, 5.74) is 2.80. The van der Waals surface area contributed by atoms with Gasteiger partial charge in [0.1, 0.15) is 0 Å². The monoisotopic (exact) mass is 288 g/mol. The quantitative estimate of drug-likeness (QED) is 0.634. The van der Waals surface area contributed by atoms with E-state index in [0.717, 1.165) is 11.3 Å². The van der Waals surface area contributed by atoms with Crippen LogP contribution in [0.25, 0.3) is 0 Å². The number of phenols is 3. The van der Waals surface area contributed by atoms with E-state index < -0.39 is 5.75 Å². The average Bonchev–Trinajstić information content (AvgIpc) is 2.48. The molecule has 5 heteroatoms. The number of benzene rings is 2. The fourth-order valence-electron chi connectivity index (χ4n) is 2.01. The van der Waals surface area contributed by atoms with Gasteiger partial charge in [-0.2, -0.15) is 0 Å².